The Morgan fingerprint density at radius 1 is 0.929 bits per heavy atom. The van der Waals surface area contributed by atoms with Crippen molar-refractivity contribution in [2.45, 2.75) is 31.2 Å². The Morgan fingerprint density at radius 3 is 2.36 bits per heavy atom. The fourth-order valence-electron chi connectivity index (χ4n) is 4.06. The lowest BCUT2D eigenvalue weighted by molar-refractivity contribution is 0.171. The quantitative estimate of drug-likeness (QED) is 0.847. The molecule has 0 radical (unpaired) electrons. The molecular formula is C22H25N3O3. The van der Waals surface area contributed by atoms with Crippen molar-refractivity contribution in [1.29, 1.82) is 0 Å². The maximum atomic E-state index is 12.6. The van der Waals surface area contributed by atoms with Gasteiger partial charge in [-0.15, -0.1) is 0 Å². The van der Waals surface area contributed by atoms with Crippen molar-refractivity contribution in [3.63, 3.8) is 0 Å². The normalized spacial score (nSPS) is 19.2. The lowest BCUT2D eigenvalue weighted by atomic mass is 10.0. The first-order chi connectivity index (χ1) is 13.7. The fourth-order valence-corrected chi connectivity index (χ4v) is 4.06. The summed E-state index contributed by atoms with van der Waals surface area (Å²) in [6, 6.07) is 13.9. The molecule has 1 saturated carbocycles. The molecule has 2 aliphatic heterocycles. The molecule has 6 heteroatoms. The van der Waals surface area contributed by atoms with E-state index in [4.69, 9.17) is 9.47 Å². The summed E-state index contributed by atoms with van der Waals surface area (Å²) in [7, 11) is 0. The van der Waals surface area contributed by atoms with Crippen LogP contribution in [-0.2, 0) is 5.54 Å². The summed E-state index contributed by atoms with van der Waals surface area (Å²) in [5.74, 6) is 1.53. The third-order valence-corrected chi connectivity index (χ3v) is 5.79. The predicted octanol–water partition coefficient (Wildman–Crippen LogP) is 3.87. The second kappa shape index (κ2) is 6.93. The fraction of sp³-hybridized carbons (Fsp3) is 0.409. The van der Waals surface area contributed by atoms with Gasteiger partial charge in [-0.2, -0.15) is 0 Å². The first-order valence-corrected chi connectivity index (χ1v) is 10.1. The van der Waals surface area contributed by atoms with Crippen LogP contribution in [0.5, 0.6) is 11.5 Å². The summed E-state index contributed by atoms with van der Waals surface area (Å²) in [5, 5.41) is 6.12. The molecule has 0 unspecified atom stereocenters. The van der Waals surface area contributed by atoms with Gasteiger partial charge in [-0.1, -0.05) is 6.07 Å². The highest BCUT2D eigenvalue weighted by atomic mass is 16.6. The van der Waals surface area contributed by atoms with Crippen molar-refractivity contribution < 1.29 is 14.3 Å². The maximum absolute atomic E-state index is 12.6. The van der Waals surface area contributed by atoms with Crippen molar-refractivity contribution in [2.75, 3.05) is 36.5 Å². The molecular weight excluding hydrogens is 354 g/mol. The van der Waals surface area contributed by atoms with Crippen molar-refractivity contribution in [3.05, 3.63) is 48.0 Å². The second-order valence-electron chi connectivity index (χ2n) is 7.76. The van der Waals surface area contributed by atoms with Gasteiger partial charge in [0.1, 0.15) is 13.2 Å². The van der Waals surface area contributed by atoms with Crippen molar-refractivity contribution in [2.24, 2.45) is 0 Å². The molecule has 2 fully saturated rings. The number of hydrogen-bond donors (Lipinski definition) is 2. The van der Waals surface area contributed by atoms with Gasteiger partial charge in [0.25, 0.3) is 0 Å². The molecule has 2 aromatic carbocycles. The van der Waals surface area contributed by atoms with E-state index in [9.17, 15) is 4.79 Å². The molecule has 3 aliphatic rings. The van der Waals surface area contributed by atoms with Gasteiger partial charge in [-0.3, -0.25) is 0 Å². The molecule has 1 saturated heterocycles. The van der Waals surface area contributed by atoms with Crippen LogP contribution in [0.15, 0.2) is 42.5 Å². The van der Waals surface area contributed by atoms with Crippen LogP contribution >= 0.6 is 0 Å². The largest absolute Gasteiger partial charge is 0.486 e. The second-order valence-corrected chi connectivity index (χ2v) is 7.76. The van der Waals surface area contributed by atoms with Crippen molar-refractivity contribution in [3.8, 4) is 11.5 Å². The van der Waals surface area contributed by atoms with Gasteiger partial charge in [-0.25, -0.2) is 4.79 Å². The minimum Gasteiger partial charge on any atom is -0.486 e. The standard InChI is InChI=1S/C22H25N3O3/c26-21(23-17-4-6-18(7-5-17)25-11-1-2-12-25)24-22(9-10-22)16-3-8-19-20(15-16)28-14-13-27-19/h3-8,15H,1-2,9-14H2,(H2,23,24,26). The summed E-state index contributed by atoms with van der Waals surface area (Å²) in [5.41, 5.74) is 2.78. The SMILES string of the molecule is O=C(Nc1ccc(N2CCCC2)cc1)NC1(c2ccc3c(c2)OCCO3)CC1. The van der Waals surface area contributed by atoms with Crippen LogP contribution in [0.1, 0.15) is 31.2 Å². The average molecular weight is 379 g/mol. The molecule has 1 aliphatic carbocycles. The van der Waals surface area contributed by atoms with Gasteiger partial charge >= 0.3 is 6.03 Å². The number of rotatable bonds is 4. The van der Waals surface area contributed by atoms with Gasteiger partial charge in [0.2, 0.25) is 0 Å². The van der Waals surface area contributed by atoms with Crippen molar-refractivity contribution >= 4 is 17.4 Å². The number of hydrogen-bond acceptors (Lipinski definition) is 4. The van der Waals surface area contributed by atoms with E-state index < -0.39 is 0 Å². The number of fused-ring (bicyclic) bond motifs is 1. The van der Waals surface area contributed by atoms with Crippen LogP contribution in [0.3, 0.4) is 0 Å². The zero-order valence-corrected chi connectivity index (χ0v) is 15.9. The number of carbonyl (C=O) groups excluding carboxylic acids is 1. The van der Waals surface area contributed by atoms with Gasteiger partial charge < -0.3 is 25.0 Å². The zero-order chi connectivity index (χ0) is 19.0. The van der Waals surface area contributed by atoms with Gasteiger partial charge in [0.05, 0.1) is 5.54 Å². The van der Waals surface area contributed by atoms with E-state index >= 15 is 0 Å². The monoisotopic (exact) mass is 379 g/mol. The maximum Gasteiger partial charge on any atom is 0.319 e. The van der Waals surface area contributed by atoms with Gasteiger partial charge in [-0.05, 0) is 67.6 Å². The molecule has 5 rings (SSSR count). The lowest BCUT2D eigenvalue weighted by Crippen LogP contribution is -2.38. The first-order valence-electron chi connectivity index (χ1n) is 10.1. The summed E-state index contributed by atoms with van der Waals surface area (Å²) < 4.78 is 11.3. The molecule has 2 N–H and O–H groups in total. The Kier molecular flexibility index (Phi) is 4.26. The smallest absolute Gasteiger partial charge is 0.319 e. The number of urea groups is 1. The summed E-state index contributed by atoms with van der Waals surface area (Å²) >= 11 is 0. The summed E-state index contributed by atoms with van der Waals surface area (Å²) in [6.45, 7) is 3.37. The molecule has 2 heterocycles. The Bertz CT molecular complexity index is 871. The van der Waals surface area contributed by atoms with E-state index in [2.05, 4.69) is 27.7 Å². The molecule has 0 bridgehead atoms. The Hall–Kier alpha value is -2.89. The van der Waals surface area contributed by atoms with Crippen LogP contribution in [0, 0.1) is 0 Å². The molecule has 146 valence electrons. The topological polar surface area (TPSA) is 62.8 Å². The number of nitrogens with zero attached hydrogens (tertiary/aromatic N) is 1. The number of nitrogens with one attached hydrogen (secondary N) is 2. The zero-order valence-electron chi connectivity index (χ0n) is 15.9. The van der Waals surface area contributed by atoms with Crippen LogP contribution in [0.2, 0.25) is 0 Å². The van der Waals surface area contributed by atoms with E-state index in [-0.39, 0.29) is 11.6 Å². The highest BCUT2D eigenvalue weighted by Crippen LogP contribution is 2.47. The summed E-state index contributed by atoms with van der Waals surface area (Å²) in [4.78, 5) is 15.0. The number of amides is 2. The van der Waals surface area contributed by atoms with Crippen LogP contribution in [0.4, 0.5) is 16.2 Å². The molecule has 0 spiro atoms. The molecule has 6 nitrogen and oxygen atoms in total. The van der Waals surface area contributed by atoms with Gasteiger partial charge in [0, 0.05) is 24.5 Å². The van der Waals surface area contributed by atoms with Crippen LogP contribution < -0.4 is 25.0 Å². The van der Waals surface area contributed by atoms with E-state index in [1.165, 1.54) is 18.5 Å². The molecule has 0 aromatic heterocycles. The summed E-state index contributed by atoms with van der Waals surface area (Å²) in [6.07, 6.45) is 4.36. The highest BCUT2D eigenvalue weighted by molar-refractivity contribution is 5.90. The van der Waals surface area contributed by atoms with E-state index in [1.807, 2.05) is 30.3 Å². The van der Waals surface area contributed by atoms with Crippen LogP contribution in [-0.4, -0.2) is 32.3 Å². The molecule has 28 heavy (non-hydrogen) atoms. The third kappa shape index (κ3) is 3.35. The molecule has 2 aromatic rings. The number of benzene rings is 2. The van der Waals surface area contributed by atoms with Crippen molar-refractivity contribution in [1.82, 2.24) is 5.32 Å². The third-order valence-electron chi connectivity index (χ3n) is 5.79. The molecule has 2 amide bonds. The van der Waals surface area contributed by atoms with E-state index in [0.29, 0.717) is 13.2 Å². The van der Waals surface area contributed by atoms with Gasteiger partial charge in [0.15, 0.2) is 11.5 Å². The van der Waals surface area contributed by atoms with E-state index in [0.717, 1.165) is 48.7 Å². The molecule has 0 atom stereocenters. The first kappa shape index (κ1) is 17.2. The Labute approximate surface area is 164 Å². The lowest BCUT2D eigenvalue weighted by Gasteiger charge is -2.23. The number of anilines is 2. The minimum atomic E-state index is -0.310. The number of carbonyl (C=O) groups is 1. The van der Waals surface area contributed by atoms with E-state index in [1.54, 1.807) is 0 Å². The van der Waals surface area contributed by atoms with Crippen LogP contribution in [0.25, 0.3) is 0 Å². The highest BCUT2D eigenvalue weighted by Gasteiger charge is 2.46. The Balaban J connectivity index is 1.24. The predicted molar refractivity (Wildman–Crippen MR) is 108 cm³/mol. The number of ether oxygens (including phenoxy) is 2. The Morgan fingerprint density at radius 2 is 1.64 bits per heavy atom. The average Bonchev–Trinajstić information content (AvgIpc) is 3.29. The minimum absolute atomic E-state index is 0.179.